The van der Waals surface area contributed by atoms with Crippen molar-refractivity contribution in [3.63, 3.8) is 0 Å². The Balaban J connectivity index is 2.00. The highest BCUT2D eigenvalue weighted by Gasteiger charge is 2.08. The Labute approximate surface area is 117 Å². The van der Waals surface area contributed by atoms with E-state index in [9.17, 15) is 0 Å². The molecule has 0 atom stereocenters. The second kappa shape index (κ2) is 6.79. The van der Waals surface area contributed by atoms with E-state index in [1.165, 1.54) is 5.69 Å². The Morgan fingerprint density at radius 3 is 2.95 bits per heavy atom. The van der Waals surface area contributed by atoms with Gasteiger partial charge in [0.15, 0.2) is 0 Å². The van der Waals surface area contributed by atoms with E-state index >= 15 is 0 Å². The van der Waals surface area contributed by atoms with Crippen LogP contribution in [-0.2, 0) is 17.8 Å². The standard InChI is InChI=1S/C13H20N4OS/c1-10-15-7-13(6-14-4-5-18-3)17(10)8-12-9-19-11(2)16-12/h7,9,14H,4-6,8H2,1-3H3. The molecule has 2 heterocycles. The largest absolute Gasteiger partial charge is 0.383 e. The van der Waals surface area contributed by atoms with Crippen molar-refractivity contribution in [1.29, 1.82) is 0 Å². The molecule has 0 aliphatic carbocycles. The first-order valence-electron chi connectivity index (χ1n) is 6.32. The average Bonchev–Trinajstić information content (AvgIpc) is 2.95. The molecule has 0 saturated heterocycles. The van der Waals surface area contributed by atoms with E-state index in [1.54, 1.807) is 18.4 Å². The van der Waals surface area contributed by atoms with Crippen LogP contribution in [0.25, 0.3) is 0 Å². The first-order chi connectivity index (χ1) is 9.20. The van der Waals surface area contributed by atoms with E-state index in [0.29, 0.717) is 0 Å². The summed E-state index contributed by atoms with van der Waals surface area (Å²) in [5.74, 6) is 1.02. The molecule has 0 fully saturated rings. The summed E-state index contributed by atoms with van der Waals surface area (Å²) in [5, 5.41) is 6.56. The monoisotopic (exact) mass is 280 g/mol. The van der Waals surface area contributed by atoms with Crippen LogP contribution in [0.15, 0.2) is 11.6 Å². The molecule has 0 unspecified atom stereocenters. The third kappa shape index (κ3) is 3.86. The SMILES string of the molecule is COCCNCc1cnc(C)n1Cc1csc(C)n1. The lowest BCUT2D eigenvalue weighted by Gasteiger charge is -2.09. The molecule has 0 aromatic carbocycles. The molecular weight excluding hydrogens is 260 g/mol. The highest BCUT2D eigenvalue weighted by atomic mass is 32.1. The van der Waals surface area contributed by atoms with Crippen molar-refractivity contribution in [3.8, 4) is 0 Å². The minimum atomic E-state index is 0.721. The Kier molecular flexibility index (Phi) is 5.07. The van der Waals surface area contributed by atoms with Gasteiger partial charge in [-0.3, -0.25) is 0 Å². The van der Waals surface area contributed by atoms with E-state index in [0.717, 1.165) is 42.8 Å². The van der Waals surface area contributed by atoms with Crippen LogP contribution in [0.1, 0.15) is 22.2 Å². The second-order valence-electron chi connectivity index (χ2n) is 4.41. The molecule has 2 rings (SSSR count). The minimum absolute atomic E-state index is 0.721. The van der Waals surface area contributed by atoms with Crippen molar-refractivity contribution < 1.29 is 4.74 Å². The van der Waals surface area contributed by atoms with E-state index in [2.05, 4.69) is 25.2 Å². The number of aryl methyl sites for hydroxylation is 2. The molecule has 104 valence electrons. The number of rotatable bonds is 7. The summed E-state index contributed by atoms with van der Waals surface area (Å²) in [6.07, 6.45) is 1.92. The van der Waals surface area contributed by atoms with Gasteiger partial charge in [-0.2, -0.15) is 0 Å². The molecule has 1 N–H and O–H groups in total. The molecule has 0 saturated carbocycles. The van der Waals surface area contributed by atoms with E-state index in [-0.39, 0.29) is 0 Å². The molecule has 0 amide bonds. The fourth-order valence-electron chi connectivity index (χ4n) is 1.91. The third-order valence-electron chi connectivity index (χ3n) is 2.91. The molecule has 0 aliphatic heterocycles. The zero-order valence-corrected chi connectivity index (χ0v) is 12.5. The van der Waals surface area contributed by atoms with Gasteiger partial charge < -0.3 is 14.6 Å². The summed E-state index contributed by atoms with van der Waals surface area (Å²) in [5.41, 5.74) is 2.28. The lowest BCUT2D eigenvalue weighted by molar-refractivity contribution is 0.199. The Morgan fingerprint density at radius 1 is 1.42 bits per heavy atom. The van der Waals surface area contributed by atoms with Crippen molar-refractivity contribution in [3.05, 3.63) is 33.8 Å². The van der Waals surface area contributed by atoms with Crippen LogP contribution in [0.2, 0.25) is 0 Å². The normalized spacial score (nSPS) is 11.1. The first kappa shape index (κ1) is 14.2. The van der Waals surface area contributed by atoms with Gasteiger partial charge in [0.05, 0.1) is 29.5 Å². The highest BCUT2D eigenvalue weighted by Crippen LogP contribution is 2.12. The van der Waals surface area contributed by atoms with Crippen LogP contribution in [-0.4, -0.2) is 34.8 Å². The molecule has 5 nitrogen and oxygen atoms in total. The van der Waals surface area contributed by atoms with Crippen molar-refractivity contribution >= 4 is 11.3 Å². The molecule has 0 spiro atoms. The smallest absolute Gasteiger partial charge is 0.106 e. The van der Waals surface area contributed by atoms with Gasteiger partial charge in [0.2, 0.25) is 0 Å². The van der Waals surface area contributed by atoms with E-state index < -0.39 is 0 Å². The zero-order valence-electron chi connectivity index (χ0n) is 11.6. The Morgan fingerprint density at radius 2 is 2.26 bits per heavy atom. The van der Waals surface area contributed by atoms with Gasteiger partial charge in [0.25, 0.3) is 0 Å². The third-order valence-corrected chi connectivity index (χ3v) is 3.74. The lowest BCUT2D eigenvalue weighted by Crippen LogP contribution is -2.21. The molecule has 2 aromatic heterocycles. The minimum Gasteiger partial charge on any atom is -0.383 e. The number of nitrogens with zero attached hydrogens (tertiary/aromatic N) is 3. The summed E-state index contributed by atoms with van der Waals surface area (Å²) in [4.78, 5) is 8.89. The van der Waals surface area contributed by atoms with Crippen LogP contribution >= 0.6 is 11.3 Å². The van der Waals surface area contributed by atoms with Gasteiger partial charge in [0, 0.05) is 31.8 Å². The topological polar surface area (TPSA) is 52.0 Å². The molecule has 0 bridgehead atoms. The maximum atomic E-state index is 5.02. The van der Waals surface area contributed by atoms with Gasteiger partial charge in [-0.05, 0) is 13.8 Å². The van der Waals surface area contributed by atoms with Gasteiger partial charge in [-0.15, -0.1) is 11.3 Å². The van der Waals surface area contributed by atoms with Crippen LogP contribution in [0, 0.1) is 13.8 Å². The Bertz CT molecular complexity index is 520. The van der Waals surface area contributed by atoms with Crippen LogP contribution < -0.4 is 5.32 Å². The number of nitrogens with one attached hydrogen (secondary N) is 1. The molecule has 2 aromatic rings. The van der Waals surface area contributed by atoms with Gasteiger partial charge in [-0.25, -0.2) is 9.97 Å². The molecule has 19 heavy (non-hydrogen) atoms. The number of imidazole rings is 1. The van der Waals surface area contributed by atoms with Crippen molar-refractivity contribution in [1.82, 2.24) is 19.9 Å². The first-order valence-corrected chi connectivity index (χ1v) is 7.20. The number of hydrogen-bond donors (Lipinski definition) is 1. The Hall–Kier alpha value is -1.24. The summed E-state index contributed by atoms with van der Waals surface area (Å²) in [6, 6.07) is 0. The van der Waals surface area contributed by atoms with E-state index in [1.807, 2.05) is 20.0 Å². The summed E-state index contributed by atoms with van der Waals surface area (Å²) in [7, 11) is 1.71. The number of hydrogen-bond acceptors (Lipinski definition) is 5. The number of aromatic nitrogens is 3. The second-order valence-corrected chi connectivity index (χ2v) is 5.47. The van der Waals surface area contributed by atoms with E-state index in [4.69, 9.17) is 4.74 Å². The lowest BCUT2D eigenvalue weighted by atomic mass is 10.4. The maximum absolute atomic E-state index is 5.02. The van der Waals surface area contributed by atoms with Gasteiger partial charge in [0.1, 0.15) is 5.82 Å². The fourth-order valence-corrected chi connectivity index (χ4v) is 2.51. The predicted molar refractivity (Wildman–Crippen MR) is 76.5 cm³/mol. The molecule has 0 radical (unpaired) electrons. The summed E-state index contributed by atoms with van der Waals surface area (Å²) < 4.78 is 7.22. The highest BCUT2D eigenvalue weighted by molar-refractivity contribution is 7.09. The average molecular weight is 280 g/mol. The summed E-state index contributed by atoms with van der Waals surface area (Å²) >= 11 is 1.69. The molecule has 6 heteroatoms. The zero-order chi connectivity index (χ0) is 13.7. The predicted octanol–water partition coefficient (Wildman–Crippen LogP) is 1.74. The maximum Gasteiger partial charge on any atom is 0.106 e. The van der Waals surface area contributed by atoms with Gasteiger partial charge in [-0.1, -0.05) is 0 Å². The van der Waals surface area contributed by atoms with Crippen molar-refractivity contribution in [2.24, 2.45) is 0 Å². The van der Waals surface area contributed by atoms with Crippen LogP contribution in [0.5, 0.6) is 0 Å². The number of ether oxygens (including phenoxy) is 1. The van der Waals surface area contributed by atoms with Gasteiger partial charge >= 0.3 is 0 Å². The van der Waals surface area contributed by atoms with Crippen LogP contribution in [0.4, 0.5) is 0 Å². The molecular formula is C13H20N4OS. The quantitative estimate of drug-likeness (QED) is 0.785. The number of methoxy groups -OCH3 is 1. The number of thiazole rings is 1. The van der Waals surface area contributed by atoms with Crippen molar-refractivity contribution in [2.45, 2.75) is 26.9 Å². The van der Waals surface area contributed by atoms with Crippen molar-refractivity contribution in [2.75, 3.05) is 20.3 Å². The fraction of sp³-hybridized carbons (Fsp3) is 0.538. The summed E-state index contributed by atoms with van der Waals surface area (Å²) in [6.45, 7) is 7.21. The van der Waals surface area contributed by atoms with Crippen LogP contribution in [0.3, 0.4) is 0 Å². The molecule has 0 aliphatic rings.